The smallest absolute Gasteiger partial charge is 0.137 e. The number of hydrogen-bond acceptors (Lipinski definition) is 2. The van der Waals surface area contributed by atoms with Gasteiger partial charge in [-0.2, -0.15) is 0 Å². The maximum atomic E-state index is 5.47. The van der Waals surface area contributed by atoms with Crippen LogP contribution in [0.4, 0.5) is 0 Å². The van der Waals surface area contributed by atoms with Crippen LogP contribution in [0.3, 0.4) is 0 Å². The van der Waals surface area contributed by atoms with Crippen LogP contribution in [-0.2, 0) is 6.54 Å². The maximum absolute atomic E-state index is 5.47. The van der Waals surface area contributed by atoms with Crippen LogP contribution >= 0.6 is 22.6 Å². The van der Waals surface area contributed by atoms with Crippen molar-refractivity contribution in [3.05, 3.63) is 33.8 Å². The van der Waals surface area contributed by atoms with Crippen molar-refractivity contribution in [2.24, 2.45) is 5.73 Å². The average molecular weight is 273 g/mol. The number of nitrogens with two attached hydrogens (primary N) is 1. The normalized spacial score (nSPS) is 10.8. The molecule has 0 radical (unpaired) electrons. The predicted octanol–water partition coefficient (Wildman–Crippen LogP) is 1.40. The highest BCUT2D eigenvalue weighted by Gasteiger charge is 1.98. The van der Waals surface area contributed by atoms with Crippen molar-refractivity contribution >= 4 is 28.2 Å². The molecular weight excluding hydrogens is 265 g/mol. The average Bonchev–Trinajstić information content (AvgIpc) is 2.46. The Morgan fingerprint density at radius 2 is 2.25 bits per heavy atom. The van der Waals surface area contributed by atoms with E-state index in [1.165, 1.54) is 3.57 Å². The molecule has 2 N–H and O–H groups in total. The summed E-state index contributed by atoms with van der Waals surface area (Å²) in [6.07, 6.45) is 3.99. The summed E-state index contributed by atoms with van der Waals surface area (Å²) < 4.78 is 3.19. The molecule has 0 aromatic carbocycles. The highest BCUT2D eigenvalue weighted by atomic mass is 127. The van der Waals surface area contributed by atoms with Crippen LogP contribution in [0, 0.1) is 3.57 Å². The minimum Gasteiger partial charge on any atom is -0.325 e. The third kappa shape index (κ3) is 1.32. The number of halogens is 1. The van der Waals surface area contributed by atoms with Crippen molar-refractivity contribution in [2.45, 2.75) is 6.54 Å². The Labute approximate surface area is 83.7 Å². The Morgan fingerprint density at radius 3 is 3.00 bits per heavy atom. The first-order chi connectivity index (χ1) is 5.79. The first-order valence-electron chi connectivity index (χ1n) is 3.63. The van der Waals surface area contributed by atoms with Crippen LogP contribution in [0.1, 0.15) is 5.69 Å². The van der Waals surface area contributed by atoms with Gasteiger partial charge in [0.2, 0.25) is 0 Å². The molecule has 2 aromatic heterocycles. The van der Waals surface area contributed by atoms with Gasteiger partial charge in [-0.05, 0) is 34.7 Å². The molecule has 4 heteroatoms. The predicted molar refractivity (Wildman–Crippen MR) is 55.8 cm³/mol. The zero-order chi connectivity index (χ0) is 8.55. The number of aromatic nitrogens is 2. The molecule has 3 nitrogen and oxygen atoms in total. The topological polar surface area (TPSA) is 43.3 Å². The minimum atomic E-state index is 0.498. The Bertz CT molecular complexity index is 408. The number of pyridine rings is 1. The van der Waals surface area contributed by atoms with E-state index in [0.717, 1.165) is 11.3 Å². The third-order valence-electron chi connectivity index (χ3n) is 1.67. The van der Waals surface area contributed by atoms with Gasteiger partial charge in [0.1, 0.15) is 5.65 Å². The van der Waals surface area contributed by atoms with Gasteiger partial charge in [-0.15, -0.1) is 0 Å². The summed E-state index contributed by atoms with van der Waals surface area (Å²) in [5.74, 6) is 0. The first-order valence-corrected chi connectivity index (χ1v) is 4.70. The largest absolute Gasteiger partial charge is 0.325 e. The molecule has 0 aliphatic rings. The van der Waals surface area contributed by atoms with Crippen molar-refractivity contribution < 1.29 is 0 Å². The molecule has 0 fully saturated rings. The van der Waals surface area contributed by atoms with Crippen molar-refractivity contribution in [2.75, 3.05) is 0 Å². The lowest BCUT2D eigenvalue weighted by Crippen LogP contribution is -1.95. The van der Waals surface area contributed by atoms with Gasteiger partial charge in [0.05, 0.1) is 5.69 Å². The molecule has 0 aliphatic heterocycles. The molecule has 2 aromatic rings. The lowest BCUT2D eigenvalue weighted by molar-refractivity contribution is 1.01. The highest BCUT2D eigenvalue weighted by Crippen LogP contribution is 2.08. The molecule has 2 rings (SSSR count). The van der Waals surface area contributed by atoms with Crippen LogP contribution in [0.15, 0.2) is 24.5 Å². The van der Waals surface area contributed by atoms with E-state index in [4.69, 9.17) is 5.73 Å². The number of fused-ring (bicyclic) bond motifs is 1. The summed E-state index contributed by atoms with van der Waals surface area (Å²) in [5.41, 5.74) is 7.36. The SMILES string of the molecule is NCc1cn2cc(I)ccc2n1. The molecule has 12 heavy (non-hydrogen) atoms. The van der Waals surface area contributed by atoms with E-state index in [-0.39, 0.29) is 0 Å². The van der Waals surface area contributed by atoms with E-state index in [1.807, 2.05) is 28.9 Å². The molecule has 2 heterocycles. The zero-order valence-corrected chi connectivity index (χ0v) is 8.52. The van der Waals surface area contributed by atoms with E-state index in [2.05, 4.69) is 27.6 Å². The Kier molecular flexibility index (Phi) is 2.02. The number of rotatable bonds is 1. The van der Waals surface area contributed by atoms with Crippen molar-refractivity contribution in [3.63, 3.8) is 0 Å². The van der Waals surface area contributed by atoms with Crippen molar-refractivity contribution in [1.29, 1.82) is 0 Å². The second-order valence-corrected chi connectivity index (χ2v) is 3.79. The fourth-order valence-corrected chi connectivity index (χ4v) is 1.60. The quantitative estimate of drug-likeness (QED) is 0.798. The highest BCUT2D eigenvalue weighted by molar-refractivity contribution is 14.1. The van der Waals surface area contributed by atoms with Crippen LogP contribution in [-0.4, -0.2) is 9.38 Å². The van der Waals surface area contributed by atoms with Crippen molar-refractivity contribution in [1.82, 2.24) is 9.38 Å². The number of nitrogens with zero attached hydrogens (tertiary/aromatic N) is 2. The second-order valence-electron chi connectivity index (χ2n) is 2.55. The van der Waals surface area contributed by atoms with E-state index < -0.39 is 0 Å². The van der Waals surface area contributed by atoms with Gasteiger partial charge >= 0.3 is 0 Å². The van der Waals surface area contributed by atoms with Gasteiger partial charge in [0, 0.05) is 22.5 Å². The molecule has 0 amide bonds. The van der Waals surface area contributed by atoms with Crippen molar-refractivity contribution in [3.8, 4) is 0 Å². The summed E-state index contributed by atoms with van der Waals surface area (Å²) in [6, 6.07) is 4.02. The Hall–Kier alpha value is -0.620. The van der Waals surface area contributed by atoms with Crippen LogP contribution in [0.5, 0.6) is 0 Å². The van der Waals surface area contributed by atoms with E-state index in [9.17, 15) is 0 Å². The Balaban J connectivity index is 2.67. The standard InChI is InChI=1S/C8H8IN3/c9-6-1-2-8-11-7(3-10)5-12(8)4-6/h1-2,4-5H,3,10H2. The van der Waals surface area contributed by atoms with Gasteiger partial charge in [0.25, 0.3) is 0 Å². The Morgan fingerprint density at radius 1 is 1.42 bits per heavy atom. The third-order valence-corrected chi connectivity index (χ3v) is 2.31. The van der Waals surface area contributed by atoms with Crippen LogP contribution in [0.2, 0.25) is 0 Å². The monoisotopic (exact) mass is 273 g/mol. The first kappa shape index (κ1) is 8.00. The summed E-state index contributed by atoms with van der Waals surface area (Å²) in [6.45, 7) is 0.498. The molecule has 62 valence electrons. The van der Waals surface area contributed by atoms with Gasteiger partial charge in [0.15, 0.2) is 0 Å². The van der Waals surface area contributed by atoms with E-state index in [1.54, 1.807) is 0 Å². The molecule has 0 bridgehead atoms. The zero-order valence-electron chi connectivity index (χ0n) is 6.37. The molecule has 0 atom stereocenters. The minimum absolute atomic E-state index is 0.498. The number of hydrogen-bond donors (Lipinski definition) is 1. The van der Waals surface area contributed by atoms with E-state index in [0.29, 0.717) is 6.54 Å². The van der Waals surface area contributed by atoms with Crippen LogP contribution in [0.25, 0.3) is 5.65 Å². The fraction of sp³-hybridized carbons (Fsp3) is 0.125. The second kappa shape index (κ2) is 3.02. The lowest BCUT2D eigenvalue weighted by atomic mass is 10.5. The number of imidazole rings is 1. The molecule has 0 saturated heterocycles. The van der Waals surface area contributed by atoms with E-state index >= 15 is 0 Å². The molecule has 0 saturated carbocycles. The summed E-state index contributed by atoms with van der Waals surface area (Å²) in [4.78, 5) is 4.31. The maximum Gasteiger partial charge on any atom is 0.137 e. The molecular formula is C8H8IN3. The summed E-state index contributed by atoms with van der Waals surface area (Å²) >= 11 is 2.27. The van der Waals surface area contributed by atoms with Crippen LogP contribution < -0.4 is 5.73 Å². The fourth-order valence-electron chi connectivity index (χ4n) is 1.12. The summed E-state index contributed by atoms with van der Waals surface area (Å²) in [5, 5.41) is 0. The van der Waals surface area contributed by atoms with Gasteiger partial charge in [-0.3, -0.25) is 0 Å². The summed E-state index contributed by atoms with van der Waals surface area (Å²) in [7, 11) is 0. The molecule has 0 unspecified atom stereocenters. The lowest BCUT2D eigenvalue weighted by Gasteiger charge is -1.91. The van der Waals surface area contributed by atoms with Gasteiger partial charge < -0.3 is 10.1 Å². The molecule has 0 spiro atoms. The molecule has 0 aliphatic carbocycles. The van der Waals surface area contributed by atoms with Gasteiger partial charge in [-0.1, -0.05) is 0 Å². The van der Waals surface area contributed by atoms with Gasteiger partial charge in [-0.25, -0.2) is 4.98 Å².